The predicted molar refractivity (Wildman–Crippen MR) is 75.9 cm³/mol. The van der Waals surface area contributed by atoms with E-state index in [0.717, 1.165) is 5.57 Å². The first-order valence-electron chi connectivity index (χ1n) is 6.93. The lowest BCUT2D eigenvalue weighted by molar-refractivity contribution is 0.00335. The van der Waals surface area contributed by atoms with E-state index >= 15 is 0 Å². The lowest BCUT2D eigenvalue weighted by Crippen LogP contribution is -2.38. The van der Waals surface area contributed by atoms with Gasteiger partial charge in [0.1, 0.15) is 6.10 Å². The zero-order chi connectivity index (χ0) is 14.5. The van der Waals surface area contributed by atoms with Crippen LogP contribution in [0.2, 0.25) is 0 Å². The molecule has 0 bridgehead atoms. The van der Waals surface area contributed by atoms with Crippen LogP contribution in [0.3, 0.4) is 0 Å². The summed E-state index contributed by atoms with van der Waals surface area (Å²) in [6.45, 7) is 5.94. The molecule has 20 heavy (non-hydrogen) atoms. The number of hydrogen-bond acceptors (Lipinski definition) is 3. The van der Waals surface area contributed by atoms with E-state index in [0.29, 0.717) is 17.5 Å². The molecular formula is C17H18O3. The van der Waals surface area contributed by atoms with Crippen molar-refractivity contribution >= 4 is 11.6 Å². The maximum Gasteiger partial charge on any atom is 0.193 e. The molecule has 3 rings (SSSR count). The van der Waals surface area contributed by atoms with Gasteiger partial charge in [-0.25, -0.2) is 0 Å². The zero-order valence-corrected chi connectivity index (χ0v) is 12.0. The number of ether oxygens (including phenoxy) is 1. The molecule has 1 aromatic rings. The number of carbonyl (C=O) groups is 2. The molecule has 1 aliphatic carbocycles. The second-order valence-electron chi connectivity index (χ2n) is 6.16. The second kappa shape index (κ2) is 4.38. The molecule has 2 aliphatic rings. The van der Waals surface area contributed by atoms with Gasteiger partial charge in [0.05, 0.1) is 11.5 Å². The van der Waals surface area contributed by atoms with Gasteiger partial charge >= 0.3 is 0 Å². The number of fused-ring (bicyclic) bond motifs is 2. The van der Waals surface area contributed by atoms with E-state index < -0.39 is 11.7 Å². The van der Waals surface area contributed by atoms with Crippen LogP contribution in [0.15, 0.2) is 35.9 Å². The van der Waals surface area contributed by atoms with Crippen molar-refractivity contribution in [3.8, 4) is 0 Å². The fourth-order valence-corrected chi connectivity index (χ4v) is 3.40. The fraction of sp³-hybridized carbons (Fsp3) is 0.412. The molecule has 3 nitrogen and oxygen atoms in total. The molecule has 0 amide bonds. The zero-order valence-electron chi connectivity index (χ0n) is 12.0. The van der Waals surface area contributed by atoms with Crippen LogP contribution in [0.25, 0.3) is 0 Å². The average molecular weight is 270 g/mol. The Balaban J connectivity index is 2.03. The first kappa shape index (κ1) is 13.3. The smallest absolute Gasteiger partial charge is 0.193 e. The molecule has 0 radical (unpaired) electrons. The molecule has 1 heterocycles. The predicted octanol–water partition coefficient (Wildman–Crippen LogP) is 3.20. The number of hydrogen-bond donors (Lipinski definition) is 0. The average Bonchev–Trinajstić information content (AvgIpc) is 2.73. The van der Waals surface area contributed by atoms with Crippen molar-refractivity contribution < 1.29 is 14.3 Å². The summed E-state index contributed by atoms with van der Waals surface area (Å²) in [6.07, 6.45) is 1.95. The molecular weight excluding hydrogens is 252 g/mol. The molecule has 3 heteroatoms. The Morgan fingerprint density at radius 1 is 1.20 bits per heavy atom. The third kappa shape index (κ3) is 1.93. The summed E-state index contributed by atoms with van der Waals surface area (Å²) in [6, 6.07) is 7.04. The van der Waals surface area contributed by atoms with Gasteiger partial charge in [-0.05, 0) is 27.2 Å². The lowest BCUT2D eigenvalue weighted by Gasteiger charge is -2.24. The van der Waals surface area contributed by atoms with Crippen LogP contribution in [0.4, 0.5) is 0 Å². The number of benzene rings is 1. The first-order valence-corrected chi connectivity index (χ1v) is 6.93. The van der Waals surface area contributed by atoms with E-state index in [1.165, 1.54) is 0 Å². The topological polar surface area (TPSA) is 43.4 Å². The van der Waals surface area contributed by atoms with Crippen molar-refractivity contribution in [1.82, 2.24) is 0 Å². The summed E-state index contributed by atoms with van der Waals surface area (Å²) in [5, 5.41) is 0. The number of ketones is 2. The van der Waals surface area contributed by atoms with Crippen LogP contribution in [-0.4, -0.2) is 23.3 Å². The molecule has 3 atom stereocenters. The van der Waals surface area contributed by atoms with E-state index in [9.17, 15) is 9.59 Å². The largest absolute Gasteiger partial charge is 0.359 e. The summed E-state index contributed by atoms with van der Waals surface area (Å²) in [5.41, 5.74) is 1.65. The molecule has 3 unspecified atom stereocenters. The van der Waals surface area contributed by atoms with Crippen molar-refractivity contribution in [1.29, 1.82) is 0 Å². The van der Waals surface area contributed by atoms with Crippen LogP contribution in [0.5, 0.6) is 0 Å². The van der Waals surface area contributed by atoms with Gasteiger partial charge in [-0.3, -0.25) is 9.59 Å². The Morgan fingerprint density at radius 2 is 1.80 bits per heavy atom. The summed E-state index contributed by atoms with van der Waals surface area (Å²) in [4.78, 5) is 25.1. The minimum absolute atomic E-state index is 0.0380. The molecule has 1 fully saturated rings. The third-order valence-electron chi connectivity index (χ3n) is 4.03. The van der Waals surface area contributed by atoms with Crippen LogP contribution in [0.1, 0.15) is 47.9 Å². The highest BCUT2D eigenvalue weighted by Gasteiger charge is 2.52. The van der Waals surface area contributed by atoms with E-state index in [1.54, 1.807) is 24.3 Å². The standard InChI is InChI=1S/C17H18O3/c1-10(2)8-17(3)9-13-14(18)11-6-4-5-7-12(11)15(19)16(13)20-17/h4-8,13,16H,9H2,1-3H3. The van der Waals surface area contributed by atoms with Crippen LogP contribution < -0.4 is 0 Å². The fourth-order valence-electron chi connectivity index (χ4n) is 3.40. The molecule has 104 valence electrons. The number of allylic oxidation sites excluding steroid dienone is 1. The first-order chi connectivity index (χ1) is 9.41. The van der Waals surface area contributed by atoms with Gasteiger partial charge in [-0.2, -0.15) is 0 Å². The normalized spacial score (nSPS) is 31.8. The van der Waals surface area contributed by atoms with Gasteiger partial charge in [0.25, 0.3) is 0 Å². The minimum atomic E-state index is -0.627. The summed E-state index contributed by atoms with van der Waals surface area (Å²) in [7, 11) is 0. The summed E-state index contributed by atoms with van der Waals surface area (Å²) < 4.78 is 5.96. The van der Waals surface area contributed by atoms with Crippen LogP contribution in [0, 0.1) is 5.92 Å². The molecule has 0 N–H and O–H groups in total. The van der Waals surface area contributed by atoms with Gasteiger partial charge in [0, 0.05) is 11.1 Å². The Bertz CT molecular complexity index is 580. The Kier molecular flexibility index (Phi) is 2.91. The minimum Gasteiger partial charge on any atom is -0.359 e. The van der Waals surface area contributed by atoms with Gasteiger partial charge < -0.3 is 4.74 Å². The van der Waals surface area contributed by atoms with Gasteiger partial charge in [0.2, 0.25) is 0 Å². The molecule has 1 saturated heterocycles. The van der Waals surface area contributed by atoms with E-state index in [2.05, 4.69) is 0 Å². The number of rotatable bonds is 1. The third-order valence-corrected chi connectivity index (χ3v) is 4.03. The quantitative estimate of drug-likeness (QED) is 0.736. The Hall–Kier alpha value is -1.74. The molecule has 0 saturated carbocycles. The van der Waals surface area contributed by atoms with Crippen molar-refractivity contribution in [2.24, 2.45) is 5.92 Å². The van der Waals surface area contributed by atoms with E-state index in [1.807, 2.05) is 26.8 Å². The van der Waals surface area contributed by atoms with Crippen LogP contribution in [-0.2, 0) is 4.74 Å². The maximum absolute atomic E-state index is 12.6. The van der Waals surface area contributed by atoms with E-state index in [4.69, 9.17) is 4.74 Å². The van der Waals surface area contributed by atoms with Crippen molar-refractivity contribution in [3.05, 3.63) is 47.0 Å². The van der Waals surface area contributed by atoms with Gasteiger partial charge in [0.15, 0.2) is 11.6 Å². The highest BCUT2D eigenvalue weighted by Crippen LogP contribution is 2.42. The highest BCUT2D eigenvalue weighted by molar-refractivity contribution is 6.17. The molecule has 0 aromatic heterocycles. The van der Waals surface area contributed by atoms with Crippen LogP contribution >= 0.6 is 0 Å². The second-order valence-corrected chi connectivity index (χ2v) is 6.16. The lowest BCUT2D eigenvalue weighted by atomic mass is 9.77. The molecule has 1 aliphatic heterocycles. The number of Topliss-reactive ketones (excluding diaryl/α,β-unsaturated/α-hetero) is 2. The number of carbonyl (C=O) groups excluding carboxylic acids is 2. The summed E-state index contributed by atoms with van der Waals surface area (Å²) in [5.74, 6) is -0.370. The SMILES string of the molecule is CC(C)=CC1(C)CC2C(=O)c3ccccc3C(=O)C2O1. The van der Waals surface area contributed by atoms with Crippen molar-refractivity contribution in [2.75, 3.05) is 0 Å². The monoisotopic (exact) mass is 270 g/mol. The maximum atomic E-state index is 12.6. The Labute approximate surface area is 118 Å². The molecule has 1 aromatic carbocycles. The van der Waals surface area contributed by atoms with Crippen molar-refractivity contribution in [2.45, 2.75) is 38.9 Å². The van der Waals surface area contributed by atoms with Gasteiger partial charge in [-0.1, -0.05) is 35.9 Å². The summed E-state index contributed by atoms with van der Waals surface area (Å²) >= 11 is 0. The highest BCUT2D eigenvalue weighted by atomic mass is 16.5. The Morgan fingerprint density at radius 3 is 2.40 bits per heavy atom. The van der Waals surface area contributed by atoms with Crippen molar-refractivity contribution in [3.63, 3.8) is 0 Å². The van der Waals surface area contributed by atoms with Gasteiger partial charge in [-0.15, -0.1) is 0 Å². The van der Waals surface area contributed by atoms with E-state index in [-0.39, 0.29) is 17.5 Å². The molecule has 0 spiro atoms.